The summed E-state index contributed by atoms with van der Waals surface area (Å²) in [5.74, 6) is -0.599. The zero-order chi connectivity index (χ0) is 21.6. The molecule has 31 heavy (non-hydrogen) atoms. The van der Waals surface area contributed by atoms with Crippen molar-refractivity contribution in [2.45, 2.75) is 51.0 Å². The second-order valence-electron chi connectivity index (χ2n) is 8.00. The van der Waals surface area contributed by atoms with Gasteiger partial charge in [-0.15, -0.1) is 0 Å². The average molecular weight is 419 g/mol. The summed E-state index contributed by atoms with van der Waals surface area (Å²) >= 11 is 0. The predicted octanol–water partition coefficient (Wildman–Crippen LogP) is 5.81. The van der Waals surface area contributed by atoms with Crippen LogP contribution in [0.1, 0.15) is 41.5 Å². The normalized spacial score (nSPS) is 15.2. The van der Waals surface area contributed by atoms with Crippen LogP contribution in [-0.4, -0.2) is 18.2 Å². The molecule has 0 radical (unpaired) electrons. The van der Waals surface area contributed by atoms with E-state index in [1.165, 1.54) is 11.1 Å². The van der Waals surface area contributed by atoms with Crippen molar-refractivity contribution in [2.75, 3.05) is 0 Å². The lowest BCUT2D eigenvalue weighted by Gasteiger charge is -2.21. The Morgan fingerprint density at radius 2 is 1.55 bits per heavy atom. The average Bonchev–Trinajstić information content (AvgIpc) is 3.22. The number of carbonyl (C=O) groups excluding carboxylic acids is 1. The van der Waals surface area contributed by atoms with Crippen molar-refractivity contribution < 1.29 is 18.7 Å². The van der Waals surface area contributed by atoms with Gasteiger partial charge in [0.25, 0.3) is 0 Å². The molecule has 2 atom stereocenters. The second kappa shape index (κ2) is 9.78. The molecule has 1 aliphatic carbocycles. The van der Waals surface area contributed by atoms with Crippen LogP contribution in [0.3, 0.4) is 0 Å². The lowest BCUT2D eigenvalue weighted by atomic mass is 9.91. The maximum absolute atomic E-state index is 15.1. The van der Waals surface area contributed by atoms with Crippen molar-refractivity contribution in [3.8, 4) is 5.75 Å². The van der Waals surface area contributed by atoms with Gasteiger partial charge >= 0.3 is 5.97 Å². The highest BCUT2D eigenvalue weighted by Crippen LogP contribution is 2.30. The summed E-state index contributed by atoms with van der Waals surface area (Å²) in [5.41, 5.74) is 4.20. The summed E-state index contributed by atoms with van der Waals surface area (Å²) in [7, 11) is 0. The molecule has 4 heteroatoms. The van der Waals surface area contributed by atoms with Gasteiger partial charge in [-0.25, -0.2) is 9.18 Å². The summed E-state index contributed by atoms with van der Waals surface area (Å²) in [6.45, 7) is 2.36. The number of halogens is 1. The Hall–Kier alpha value is -3.14. The first-order valence-electron chi connectivity index (χ1n) is 10.8. The van der Waals surface area contributed by atoms with Crippen LogP contribution in [0.15, 0.2) is 78.9 Å². The fraction of sp³-hybridized carbons (Fsp3) is 0.296. The van der Waals surface area contributed by atoms with Crippen molar-refractivity contribution in [3.05, 3.63) is 101 Å². The van der Waals surface area contributed by atoms with Gasteiger partial charge in [0.15, 0.2) is 0 Å². The van der Waals surface area contributed by atoms with E-state index in [-0.39, 0.29) is 6.10 Å². The number of carbonyl (C=O) groups is 1. The largest absolute Gasteiger partial charge is 0.489 e. The van der Waals surface area contributed by atoms with E-state index in [0.29, 0.717) is 31.6 Å². The first kappa shape index (κ1) is 21.1. The predicted molar refractivity (Wildman–Crippen MR) is 119 cm³/mol. The van der Waals surface area contributed by atoms with Gasteiger partial charge in [0.2, 0.25) is 6.17 Å². The molecule has 0 saturated heterocycles. The molecule has 160 valence electrons. The smallest absolute Gasteiger partial charge is 0.341 e. The summed E-state index contributed by atoms with van der Waals surface area (Å²) < 4.78 is 26.4. The molecule has 0 saturated carbocycles. The Morgan fingerprint density at radius 3 is 2.16 bits per heavy atom. The molecule has 3 aromatic rings. The standard InChI is InChI=1S/C27H27FO3/c1-2-25(20-12-14-23(15-13-20)30-18-19-8-4-3-5-9-19)26(28)27(29)31-24-16-21-10-6-7-11-22(21)17-24/h3-15,24-26H,2,16-18H2,1H3/t25-,26-/m0/s1. The molecule has 0 spiro atoms. The van der Waals surface area contributed by atoms with E-state index in [4.69, 9.17) is 9.47 Å². The molecule has 4 rings (SSSR count). The molecule has 3 aromatic carbocycles. The lowest BCUT2D eigenvalue weighted by Crippen LogP contribution is -2.30. The van der Waals surface area contributed by atoms with Crippen LogP contribution >= 0.6 is 0 Å². The molecule has 0 aliphatic heterocycles. The zero-order valence-corrected chi connectivity index (χ0v) is 17.7. The van der Waals surface area contributed by atoms with Crippen LogP contribution in [0.4, 0.5) is 4.39 Å². The molecule has 0 heterocycles. The highest BCUT2D eigenvalue weighted by Gasteiger charge is 2.33. The summed E-state index contributed by atoms with van der Waals surface area (Å²) in [4.78, 5) is 12.5. The highest BCUT2D eigenvalue weighted by atomic mass is 19.1. The number of ether oxygens (including phenoxy) is 2. The molecule has 0 fully saturated rings. The Kier molecular flexibility index (Phi) is 6.66. The topological polar surface area (TPSA) is 35.5 Å². The molecule has 0 N–H and O–H groups in total. The molecule has 0 amide bonds. The van der Waals surface area contributed by atoms with E-state index in [9.17, 15) is 4.79 Å². The summed E-state index contributed by atoms with van der Waals surface area (Å²) in [6, 6.07) is 25.2. The second-order valence-corrected chi connectivity index (χ2v) is 8.00. The third kappa shape index (κ3) is 5.13. The molecule has 1 aliphatic rings. The molecule has 3 nitrogen and oxygen atoms in total. The first-order chi connectivity index (χ1) is 15.1. The van der Waals surface area contributed by atoms with Crippen LogP contribution < -0.4 is 4.74 Å². The van der Waals surface area contributed by atoms with Crippen LogP contribution in [0.2, 0.25) is 0 Å². The van der Waals surface area contributed by atoms with Crippen LogP contribution in [0, 0.1) is 0 Å². The Morgan fingerprint density at radius 1 is 0.935 bits per heavy atom. The minimum absolute atomic E-state index is 0.283. The van der Waals surface area contributed by atoms with Crippen LogP contribution in [0.25, 0.3) is 0 Å². The lowest BCUT2D eigenvalue weighted by molar-refractivity contribution is -0.155. The molecular weight excluding hydrogens is 391 g/mol. The van der Waals surface area contributed by atoms with Gasteiger partial charge in [0, 0.05) is 18.8 Å². The first-order valence-corrected chi connectivity index (χ1v) is 10.8. The van der Waals surface area contributed by atoms with Crippen LogP contribution in [0.5, 0.6) is 5.75 Å². The van der Waals surface area contributed by atoms with Gasteiger partial charge < -0.3 is 9.47 Å². The molecule has 0 unspecified atom stereocenters. The Labute approximate surface area is 182 Å². The van der Waals surface area contributed by atoms with Crippen molar-refractivity contribution >= 4 is 5.97 Å². The highest BCUT2D eigenvalue weighted by molar-refractivity contribution is 5.76. The number of rotatable bonds is 8. The maximum atomic E-state index is 15.1. The number of benzene rings is 3. The van der Waals surface area contributed by atoms with E-state index in [1.807, 2.05) is 85.8 Å². The molecule has 0 aromatic heterocycles. The monoisotopic (exact) mass is 418 g/mol. The van der Waals surface area contributed by atoms with Gasteiger partial charge in [-0.2, -0.15) is 0 Å². The number of hydrogen-bond acceptors (Lipinski definition) is 3. The van der Waals surface area contributed by atoms with Crippen molar-refractivity contribution in [1.82, 2.24) is 0 Å². The number of fused-ring (bicyclic) bond motifs is 1. The van der Waals surface area contributed by atoms with E-state index < -0.39 is 18.1 Å². The van der Waals surface area contributed by atoms with Crippen LogP contribution in [-0.2, 0) is 29.0 Å². The fourth-order valence-electron chi connectivity index (χ4n) is 4.16. The molecule has 0 bridgehead atoms. The number of esters is 1. The summed E-state index contributed by atoms with van der Waals surface area (Å²) in [5, 5.41) is 0. The Balaban J connectivity index is 1.34. The number of hydrogen-bond donors (Lipinski definition) is 0. The maximum Gasteiger partial charge on any atom is 0.341 e. The van der Waals surface area contributed by atoms with Gasteiger partial charge in [-0.05, 0) is 40.8 Å². The van der Waals surface area contributed by atoms with Gasteiger partial charge in [0.1, 0.15) is 18.5 Å². The van der Waals surface area contributed by atoms with Gasteiger partial charge in [-0.1, -0.05) is 73.7 Å². The minimum Gasteiger partial charge on any atom is -0.489 e. The van der Waals surface area contributed by atoms with Crippen molar-refractivity contribution in [3.63, 3.8) is 0 Å². The summed E-state index contributed by atoms with van der Waals surface area (Å²) in [6.07, 6.45) is -0.164. The van der Waals surface area contributed by atoms with E-state index in [2.05, 4.69) is 0 Å². The van der Waals surface area contributed by atoms with E-state index in [1.54, 1.807) is 0 Å². The minimum atomic E-state index is -1.69. The zero-order valence-electron chi connectivity index (χ0n) is 17.7. The van der Waals surface area contributed by atoms with Crippen molar-refractivity contribution in [2.24, 2.45) is 0 Å². The van der Waals surface area contributed by atoms with E-state index in [0.717, 1.165) is 11.1 Å². The quantitative estimate of drug-likeness (QED) is 0.433. The SMILES string of the molecule is CC[C@@H](c1ccc(OCc2ccccc2)cc1)[C@H](F)C(=O)OC1Cc2ccccc2C1. The van der Waals surface area contributed by atoms with Gasteiger partial charge in [0.05, 0.1) is 0 Å². The van der Waals surface area contributed by atoms with Gasteiger partial charge in [-0.3, -0.25) is 0 Å². The fourth-order valence-corrected chi connectivity index (χ4v) is 4.16. The number of alkyl halides is 1. The third-order valence-electron chi connectivity index (χ3n) is 5.87. The molecular formula is C27H27FO3. The van der Waals surface area contributed by atoms with E-state index >= 15 is 4.39 Å². The third-order valence-corrected chi connectivity index (χ3v) is 5.87. The Bertz CT molecular complexity index is 976. The van der Waals surface area contributed by atoms with Crippen molar-refractivity contribution in [1.29, 1.82) is 0 Å².